The molecule has 0 radical (unpaired) electrons. The van der Waals surface area contributed by atoms with Crippen molar-refractivity contribution < 1.29 is 0 Å². The van der Waals surface area contributed by atoms with Gasteiger partial charge in [0.25, 0.3) is 0 Å². The van der Waals surface area contributed by atoms with Gasteiger partial charge in [0.1, 0.15) is 0 Å². The van der Waals surface area contributed by atoms with Crippen LogP contribution in [-0.2, 0) is 5.41 Å². The van der Waals surface area contributed by atoms with Gasteiger partial charge in [-0.15, -0.1) is 0 Å². The van der Waals surface area contributed by atoms with Crippen molar-refractivity contribution in [3.8, 4) is 0 Å². The Labute approximate surface area is 97.3 Å². The van der Waals surface area contributed by atoms with Crippen molar-refractivity contribution in [1.29, 1.82) is 0 Å². The van der Waals surface area contributed by atoms with Gasteiger partial charge < -0.3 is 0 Å². The highest BCUT2D eigenvalue weighted by atomic mass is 15.2. The molecule has 0 atom stereocenters. The van der Waals surface area contributed by atoms with Gasteiger partial charge in [-0.1, -0.05) is 40.7 Å². The molecule has 2 aromatic rings. The maximum absolute atomic E-state index is 4.72. The molecule has 2 nitrogen and oxygen atoms in total. The van der Waals surface area contributed by atoms with E-state index in [1.54, 1.807) is 0 Å². The Bertz CT molecular complexity index is 501. The van der Waals surface area contributed by atoms with Crippen LogP contribution < -0.4 is 0 Å². The lowest BCUT2D eigenvalue weighted by atomic mass is 9.85. The van der Waals surface area contributed by atoms with Crippen molar-refractivity contribution in [3.05, 3.63) is 35.7 Å². The highest BCUT2D eigenvalue weighted by Gasteiger charge is 2.25. The maximum atomic E-state index is 4.72. The number of nitrogens with zero attached hydrogens (tertiary/aromatic N) is 2. The Hall–Kier alpha value is -1.31. The molecule has 0 aromatic carbocycles. The SMILES string of the molecule is CC(C)c1c(C(C)(C)C)nn2ccccc12. The van der Waals surface area contributed by atoms with Crippen LogP contribution in [0.5, 0.6) is 0 Å². The third-order valence-electron chi connectivity index (χ3n) is 2.87. The summed E-state index contributed by atoms with van der Waals surface area (Å²) in [5.74, 6) is 0.508. The minimum absolute atomic E-state index is 0.103. The van der Waals surface area contributed by atoms with E-state index in [0.717, 1.165) is 0 Å². The smallest absolute Gasteiger partial charge is 0.0723 e. The van der Waals surface area contributed by atoms with Crippen LogP contribution in [0, 0.1) is 0 Å². The van der Waals surface area contributed by atoms with Gasteiger partial charge in [-0.05, 0) is 18.1 Å². The molecule has 86 valence electrons. The second-order valence-electron chi connectivity index (χ2n) is 5.70. The molecule has 2 heterocycles. The van der Waals surface area contributed by atoms with E-state index in [2.05, 4.69) is 46.8 Å². The Morgan fingerprint density at radius 1 is 1.19 bits per heavy atom. The molecule has 0 saturated carbocycles. The van der Waals surface area contributed by atoms with Gasteiger partial charge in [0.15, 0.2) is 0 Å². The predicted molar refractivity (Wildman–Crippen MR) is 68.0 cm³/mol. The first kappa shape index (κ1) is 11.2. The number of hydrogen-bond acceptors (Lipinski definition) is 1. The quantitative estimate of drug-likeness (QED) is 0.709. The van der Waals surface area contributed by atoms with E-state index in [-0.39, 0.29) is 5.41 Å². The summed E-state index contributed by atoms with van der Waals surface area (Å²) in [4.78, 5) is 0. The molecule has 0 aliphatic rings. The summed E-state index contributed by atoms with van der Waals surface area (Å²) in [5.41, 5.74) is 3.94. The third-order valence-corrected chi connectivity index (χ3v) is 2.87. The minimum atomic E-state index is 0.103. The zero-order valence-corrected chi connectivity index (χ0v) is 10.8. The van der Waals surface area contributed by atoms with Crippen molar-refractivity contribution in [3.63, 3.8) is 0 Å². The Kier molecular flexibility index (Phi) is 2.53. The van der Waals surface area contributed by atoms with E-state index in [9.17, 15) is 0 Å². The van der Waals surface area contributed by atoms with Gasteiger partial charge in [0.2, 0.25) is 0 Å². The molecule has 2 heteroatoms. The molecule has 0 N–H and O–H groups in total. The third kappa shape index (κ3) is 1.73. The molecule has 0 saturated heterocycles. The summed E-state index contributed by atoms with van der Waals surface area (Å²) in [6.45, 7) is 11.1. The minimum Gasteiger partial charge on any atom is -0.240 e. The fourth-order valence-electron chi connectivity index (χ4n) is 2.14. The summed E-state index contributed by atoms with van der Waals surface area (Å²) in [6.07, 6.45) is 2.02. The van der Waals surface area contributed by atoms with Gasteiger partial charge in [-0.3, -0.25) is 0 Å². The summed E-state index contributed by atoms with van der Waals surface area (Å²) in [7, 11) is 0. The van der Waals surface area contributed by atoms with E-state index in [1.165, 1.54) is 16.8 Å². The first-order chi connectivity index (χ1) is 7.41. The Morgan fingerprint density at radius 3 is 2.44 bits per heavy atom. The van der Waals surface area contributed by atoms with Crippen LogP contribution >= 0.6 is 0 Å². The average Bonchev–Trinajstić information content (AvgIpc) is 2.55. The van der Waals surface area contributed by atoms with Crippen LogP contribution in [0.4, 0.5) is 0 Å². The van der Waals surface area contributed by atoms with Crippen molar-refractivity contribution in [2.75, 3.05) is 0 Å². The van der Waals surface area contributed by atoms with E-state index in [0.29, 0.717) is 5.92 Å². The molecule has 16 heavy (non-hydrogen) atoms. The molecule has 0 spiro atoms. The molecule has 0 fully saturated rings. The molecule has 0 amide bonds. The van der Waals surface area contributed by atoms with Gasteiger partial charge in [0.05, 0.1) is 11.2 Å². The van der Waals surface area contributed by atoms with Crippen molar-refractivity contribution >= 4 is 5.52 Å². The van der Waals surface area contributed by atoms with Gasteiger partial charge in [-0.2, -0.15) is 5.10 Å². The second-order valence-corrected chi connectivity index (χ2v) is 5.70. The number of aromatic nitrogens is 2. The molecular weight excluding hydrogens is 196 g/mol. The van der Waals surface area contributed by atoms with Crippen LogP contribution in [-0.4, -0.2) is 9.61 Å². The van der Waals surface area contributed by atoms with Crippen molar-refractivity contribution in [1.82, 2.24) is 9.61 Å². The molecule has 0 aliphatic heterocycles. The van der Waals surface area contributed by atoms with Crippen LogP contribution in [0.15, 0.2) is 24.4 Å². The molecule has 0 bridgehead atoms. The molecule has 2 rings (SSSR count). The Balaban J connectivity index is 2.78. The lowest BCUT2D eigenvalue weighted by molar-refractivity contribution is 0.552. The summed E-state index contributed by atoms with van der Waals surface area (Å²) < 4.78 is 2.00. The average molecular weight is 216 g/mol. The summed E-state index contributed by atoms with van der Waals surface area (Å²) in [6, 6.07) is 6.25. The van der Waals surface area contributed by atoms with Crippen molar-refractivity contribution in [2.24, 2.45) is 0 Å². The molecule has 0 aliphatic carbocycles. The lowest BCUT2D eigenvalue weighted by Gasteiger charge is -2.18. The fraction of sp³-hybridized carbons (Fsp3) is 0.500. The fourth-order valence-corrected chi connectivity index (χ4v) is 2.14. The zero-order valence-electron chi connectivity index (χ0n) is 10.8. The Morgan fingerprint density at radius 2 is 1.88 bits per heavy atom. The first-order valence-electron chi connectivity index (χ1n) is 5.89. The maximum Gasteiger partial charge on any atom is 0.0723 e. The molecular formula is C14H20N2. The van der Waals surface area contributed by atoms with Crippen LogP contribution in [0.1, 0.15) is 51.8 Å². The molecule has 0 unspecified atom stereocenters. The van der Waals surface area contributed by atoms with E-state index < -0.39 is 0 Å². The van der Waals surface area contributed by atoms with Gasteiger partial charge in [-0.25, -0.2) is 4.52 Å². The number of pyridine rings is 1. The van der Waals surface area contributed by atoms with E-state index in [1.807, 2.05) is 16.8 Å². The number of hydrogen-bond donors (Lipinski definition) is 0. The van der Waals surface area contributed by atoms with Crippen LogP contribution in [0.3, 0.4) is 0 Å². The second kappa shape index (κ2) is 3.62. The number of fused-ring (bicyclic) bond motifs is 1. The summed E-state index contributed by atoms with van der Waals surface area (Å²) in [5, 5.41) is 4.72. The van der Waals surface area contributed by atoms with Crippen molar-refractivity contribution in [2.45, 2.75) is 46.0 Å². The van der Waals surface area contributed by atoms with Gasteiger partial charge >= 0.3 is 0 Å². The monoisotopic (exact) mass is 216 g/mol. The highest BCUT2D eigenvalue weighted by Crippen LogP contribution is 2.32. The van der Waals surface area contributed by atoms with E-state index >= 15 is 0 Å². The standard InChI is InChI=1S/C14H20N2/c1-10(2)12-11-8-6-7-9-16(11)15-13(12)14(3,4)5/h6-10H,1-5H3. The largest absolute Gasteiger partial charge is 0.240 e. The topological polar surface area (TPSA) is 17.3 Å². The normalized spacial score (nSPS) is 12.6. The highest BCUT2D eigenvalue weighted by molar-refractivity contribution is 5.59. The van der Waals surface area contributed by atoms with Crippen LogP contribution in [0.25, 0.3) is 5.52 Å². The van der Waals surface area contributed by atoms with Crippen LogP contribution in [0.2, 0.25) is 0 Å². The predicted octanol–water partition coefficient (Wildman–Crippen LogP) is 3.76. The zero-order chi connectivity index (χ0) is 11.9. The van der Waals surface area contributed by atoms with E-state index in [4.69, 9.17) is 5.10 Å². The first-order valence-corrected chi connectivity index (χ1v) is 5.89. The van der Waals surface area contributed by atoms with Gasteiger partial charge in [0, 0.05) is 17.2 Å². The number of rotatable bonds is 1. The lowest BCUT2D eigenvalue weighted by Crippen LogP contribution is -2.15. The summed E-state index contributed by atoms with van der Waals surface area (Å²) >= 11 is 0. The molecule has 2 aromatic heterocycles.